The van der Waals surface area contributed by atoms with Crippen molar-refractivity contribution < 1.29 is 22.3 Å². The second-order valence-corrected chi connectivity index (χ2v) is 7.72. The molecular weight excluding hydrogens is 321 g/mol. The average molecular weight is 338 g/mol. The van der Waals surface area contributed by atoms with Crippen molar-refractivity contribution in [1.29, 1.82) is 0 Å². The maximum absolute atomic E-state index is 14.0. The van der Waals surface area contributed by atoms with Gasteiger partial charge in [-0.25, -0.2) is 22.7 Å². The molecule has 0 unspecified atom stereocenters. The van der Waals surface area contributed by atoms with Crippen LogP contribution < -0.4 is 5.14 Å². The van der Waals surface area contributed by atoms with Gasteiger partial charge in [0.2, 0.25) is 10.0 Å². The minimum atomic E-state index is -4.32. The van der Waals surface area contributed by atoms with E-state index in [-0.39, 0.29) is 17.0 Å². The third kappa shape index (κ3) is 5.26. The Bertz CT molecular complexity index is 653. The molecule has 0 aliphatic heterocycles. The van der Waals surface area contributed by atoms with Crippen LogP contribution in [-0.2, 0) is 14.8 Å². The molecule has 0 heterocycles. The molecular formula is C13H17ClFNO4S. The average Bonchev–Trinajstić information content (AvgIpc) is 2.28. The first-order valence-corrected chi connectivity index (χ1v) is 8.03. The van der Waals surface area contributed by atoms with Crippen molar-refractivity contribution in [3.8, 4) is 0 Å². The zero-order chi connectivity index (χ0) is 16.4. The standard InChI is InChI=1S/C13H17ClFNO4S/c1-13(2,3)4-5-20-12(17)9-6-8(14)7-10(11(9)15)21(16,18)19/h6-7H,4-5H2,1-3H3,(H2,16,18,19). The van der Waals surface area contributed by atoms with Gasteiger partial charge < -0.3 is 4.74 Å². The van der Waals surface area contributed by atoms with Crippen molar-refractivity contribution in [3.63, 3.8) is 0 Å². The van der Waals surface area contributed by atoms with Gasteiger partial charge in [0, 0.05) is 5.02 Å². The summed E-state index contributed by atoms with van der Waals surface area (Å²) in [7, 11) is -4.32. The van der Waals surface area contributed by atoms with Crippen LogP contribution in [-0.4, -0.2) is 21.0 Å². The molecule has 0 aliphatic rings. The molecule has 1 aromatic carbocycles. The van der Waals surface area contributed by atoms with Crippen LogP contribution in [0.4, 0.5) is 4.39 Å². The molecule has 0 radical (unpaired) electrons. The van der Waals surface area contributed by atoms with E-state index in [4.69, 9.17) is 21.5 Å². The molecule has 118 valence electrons. The zero-order valence-electron chi connectivity index (χ0n) is 11.9. The fraction of sp³-hybridized carbons (Fsp3) is 0.462. The van der Waals surface area contributed by atoms with Crippen LogP contribution in [0.1, 0.15) is 37.6 Å². The van der Waals surface area contributed by atoms with E-state index in [1.165, 1.54) is 0 Å². The summed E-state index contributed by atoms with van der Waals surface area (Å²) < 4.78 is 41.5. The van der Waals surface area contributed by atoms with Gasteiger partial charge in [-0.15, -0.1) is 0 Å². The maximum Gasteiger partial charge on any atom is 0.341 e. The number of ether oxygens (including phenoxy) is 1. The Labute approximate surface area is 128 Å². The van der Waals surface area contributed by atoms with E-state index < -0.39 is 32.3 Å². The Kier molecular flexibility index (Phi) is 5.35. The third-order valence-corrected chi connectivity index (χ3v) is 3.74. The van der Waals surface area contributed by atoms with Crippen LogP contribution in [0.15, 0.2) is 17.0 Å². The molecule has 1 aromatic rings. The highest BCUT2D eigenvalue weighted by Gasteiger charge is 2.24. The lowest BCUT2D eigenvalue weighted by Gasteiger charge is -2.17. The first kappa shape index (κ1) is 17.9. The van der Waals surface area contributed by atoms with Gasteiger partial charge in [0.25, 0.3) is 0 Å². The summed E-state index contributed by atoms with van der Waals surface area (Å²) in [5, 5.41) is 4.75. The Morgan fingerprint density at radius 2 is 1.95 bits per heavy atom. The minimum Gasteiger partial charge on any atom is -0.462 e. The molecule has 8 heteroatoms. The van der Waals surface area contributed by atoms with Crippen LogP contribution in [0.3, 0.4) is 0 Å². The Hall–Kier alpha value is -1.18. The zero-order valence-corrected chi connectivity index (χ0v) is 13.5. The number of hydrogen-bond acceptors (Lipinski definition) is 4. The molecule has 1 rings (SSSR count). The Morgan fingerprint density at radius 1 is 1.38 bits per heavy atom. The van der Waals surface area contributed by atoms with Gasteiger partial charge in [0.1, 0.15) is 4.90 Å². The molecule has 0 saturated heterocycles. The molecule has 0 aliphatic carbocycles. The summed E-state index contributed by atoms with van der Waals surface area (Å²) in [6, 6.07) is 1.85. The predicted octanol–water partition coefficient (Wildman–Crippen LogP) is 2.72. The van der Waals surface area contributed by atoms with E-state index in [9.17, 15) is 17.6 Å². The minimum absolute atomic E-state index is 0.0566. The predicted molar refractivity (Wildman–Crippen MR) is 77.1 cm³/mol. The Balaban J connectivity index is 3.03. The lowest BCUT2D eigenvalue weighted by molar-refractivity contribution is 0.0459. The van der Waals surface area contributed by atoms with Crippen molar-refractivity contribution in [1.82, 2.24) is 0 Å². The van der Waals surface area contributed by atoms with E-state index in [2.05, 4.69) is 0 Å². The largest absolute Gasteiger partial charge is 0.462 e. The smallest absolute Gasteiger partial charge is 0.341 e. The summed E-state index contributed by atoms with van der Waals surface area (Å²) in [5.74, 6) is -2.24. The number of sulfonamides is 1. The van der Waals surface area contributed by atoms with E-state index in [1.807, 2.05) is 20.8 Å². The Morgan fingerprint density at radius 3 is 2.43 bits per heavy atom. The molecule has 0 atom stereocenters. The lowest BCUT2D eigenvalue weighted by atomic mass is 9.93. The summed E-state index contributed by atoms with van der Waals surface area (Å²) in [5.41, 5.74) is -0.612. The van der Waals surface area contributed by atoms with Crippen LogP contribution in [0, 0.1) is 11.2 Å². The molecule has 0 amide bonds. The summed E-state index contributed by atoms with van der Waals surface area (Å²) >= 11 is 5.68. The van der Waals surface area contributed by atoms with Crippen LogP contribution >= 0.6 is 11.6 Å². The highest BCUT2D eigenvalue weighted by atomic mass is 35.5. The van der Waals surface area contributed by atoms with Crippen LogP contribution in [0.5, 0.6) is 0 Å². The molecule has 0 saturated carbocycles. The van der Waals surface area contributed by atoms with Gasteiger partial charge in [-0.05, 0) is 24.0 Å². The molecule has 0 aromatic heterocycles. The molecule has 0 fully saturated rings. The summed E-state index contributed by atoms with van der Waals surface area (Å²) in [4.78, 5) is 11.0. The number of primary sulfonamides is 1. The molecule has 0 bridgehead atoms. The van der Waals surface area contributed by atoms with Gasteiger partial charge in [-0.1, -0.05) is 32.4 Å². The highest BCUT2D eigenvalue weighted by Crippen LogP contribution is 2.24. The second kappa shape index (κ2) is 6.29. The molecule has 5 nitrogen and oxygen atoms in total. The lowest BCUT2D eigenvalue weighted by Crippen LogP contribution is -2.18. The number of halogens is 2. The van der Waals surface area contributed by atoms with Gasteiger partial charge in [-0.3, -0.25) is 0 Å². The van der Waals surface area contributed by atoms with Crippen molar-refractivity contribution in [2.75, 3.05) is 6.61 Å². The highest BCUT2D eigenvalue weighted by molar-refractivity contribution is 7.89. The van der Waals surface area contributed by atoms with Gasteiger partial charge in [-0.2, -0.15) is 0 Å². The molecule has 2 N–H and O–H groups in total. The van der Waals surface area contributed by atoms with E-state index in [0.717, 1.165) is 12.1 Å². The quantitative estimate of drug-likeness (QED) is 0.856. The summed E-state index contributed by atoms with van der Waals surface area (Å²) in [6.45, 7) is 5.96. The van der Waals surface area contributed by atoms with Crippen molar-refractivity contribution in [3.05, 3.63) is 28.5 Å². The number of nitrogens with two attached hydrogens (primary N) is 1. The first-order chi connectivity index (χ1) is 9.42. The normalized spacial score (nSPS) is 12.3. The molecule has 21 heavy (non-hydrogen) atoms. The summed E-state index contributed by atoms with van der Waals surface area (Å²) in [6.07, 6.45) is 0.572. The maximum atomic E-state index is 14.0. The number of carbonyl (C=O) groups excluding carboxylic acids is 1. The second-order valence-electron chi connectivity index (χ2n) is 5.76. The van der Waals surface area contributed by atoms with E-state index in [0.29, 0.717) is 6.42 Å². The number of hydrogen-bond donors (Lipinski definition) is 1. The third-order valence-electron chi connectivity index (χ3n) is 2.62. The van der Waals surface area contributed by atoms with Gasteiger partial charge in [0.05, 0.1) is 12.2 Å². The number of carbonyl (C=O) groups is 1. The van der Waals surface area contributed by atoms with Gasteiger partial charge >= 0.3 is 5.97 Å². The van der Waals surface area contributed by atoms with Gasteiger partial charge in [0.15, 0.2) is 5.82 Å². The van der Waals surface area contributed by atoms with Crippen molar-refractivity contribution in [2.24, 2.45) is 10.6 Å². The fourth-order valence-corrected chi connectivity index (χ4v) is 2.38. The number of benzene rings is 1. The van der Waals surface area contributed by atoms with E-state index >= 15 is 0 Å². The monoisotopic (exact) mass is 337 g/mol. The molecule has 0 spiro atoms. The van der Waals surface area contributed by atoms with Crippen molar-refractivity contribution in [2.45, 2.75) is 32.1 Å². The SMILES string of the molecule is CC(C)(C)CCOC(=O)c1cc(Cl)cc(S(N)(=O)=O)c1F. The van der Waals surface area contributed by atoms with Crippen LogP contribution in [0.25, 0.3) is 0 Å². The fourth-order valence-electron chi connectivity index (χ4n) is 1.45. The number of esters is 1. The topological polar surface area (TPSA) is 86.5 Å². The number of rotatable bonds is 4. The van der Waals surface area contributed by atoms with E-state index in [1.54, 1.807) is 0 Å². The first-order valence-electron chi connectivity index (χ1n) is 6.11. The van der Waals surface area contributed by atoms with Crippen molar-refractivity contribution >= 4 is 27.6 Å². The van der Waals surface area contributed by atoms with Crippen LogP contribution in [0.2, 0.25) is 5.02 Å².